The maximum Gasteiger partial charge on any atom is 0.415 e. The lowest BCUT2D eigenvalue weighted by Gasteiger charge is -2.32. The highest BCUT2D eigenvalue weighted by molar-refractivity contribution is 6.04. The Morgan fingerprint density at radius 1 is 1.10 bits per heavy atom. The predicted octanol–water partition coefficient (Wildman–Crippen LogP) is 4.70. The number of aromatic hydroxyl groups is 1. The number of rotatable bonds is 8. The number of carbonyl (C=O) groups is 3. The van der Waals surface area contributed by atoms with E-state index in [0.29, 0.717) is 18.7 Å². The van der Waals surface area contributed by atoms with Crippen molar-refractivity contribution in [2.45, 2.75) is 65.5 Å². The number of nitrogens with one attached hydrogen (secondary N) is 2. The minimum absolute atomic E-state index is 0. The average molecular weight is 727 g/mol. The molecule has 0 spiro atoms. The monoisotopic (exact) mass is 726 g/mol. The van der Waals surface area contributed by atoms with Crippen molar-refractivity contribution >= 4 is 36.2 Å². The summed E-state index contributed by atoms with van der Waals surface area (Å²) in [4.78, 5) is 39.6. The second kappa shape index (κ2) is 20.8. The number of fused-ring (bicyclic) bond motifs is 2. The first kappa shape index (κ1) is 44.2. The van der Waals surface area contributed by atoms with Gasteiger partial charge in [-0.15, -0.1) is 12.4 Å². The van der Waals surface area contributed by atoms with Gasteiger partial charge in [-0.05, 0) is 38.8 Å². The summed E-state index contributed by atoms with van der Waals surface area (Å²) in [7, 11) is 7.64. The normalized spacial score (nSPS) is 27.7. The molecule has 0 radical (unpaired) electrons. The molecule has 2 bridgehead atoms. The van der Waals surface area contributed by atoms with Gasteiger partial charge in [0.15, 0.2) is 11.5 Å². The highest BCUT2D eigenvalue weighted by Gasteiger charge is 2.35. The highest BCUT2D eigenvalue weighted by atomic mass is 35.5. The van der Waals surface area contributed by atoms with Crippen molar-refractivity contribution in [3.8, 4) is 17.2 Å². The van der Waals surface area contributed by atoms with E-state index in [-0.39, 0.29) is 58.8 Å². The number of nitrogens with zero attached hydrogens (tertiary/aromatic N) is 1. The number of primary amides is 1. The number of ether oxygens (including phenoxy) is 5. The van der Waals surface area contributed by atoms with Crippen LogP contribution < -0.4 is 25.8 Å². The molecule has 0 fully saturated rings. The number of allylic oxidation sites excluding steroid dienone is 2. The Morgan fingerprint density at radius 3 is 2.32 bits per heavy atom. The average Bonchev–Trinajstić information content (AvgIpc) is 3.05. The molecule has 1 aromatic carbocycles. The predicted molar refractivity (Wildman–Crippen MR) is 193 cm³/mol. The Morgan fingerprint density at radius 2 is 1.76 bits per heavy atom. The molecule has 6 N–H and O–H groups in total. The smallest absolute Gasteiger partial charge is 0.415 e. The molecule has 3 amide bonds. The number of anilines is 1. The Hall–Kier alpha value is -3.82. The van der Waals surface area contributed by atoms with Crippen LogP contribution in [0.25, 0.3) is 0 Å². The van der Waals surface area contributed by atoms with Crippen molar-refractivity contribution in [1.82, 2.24) is 10.2 Å². The van der Waals surface area contributed by atoms with Crippen molar-refractivity contribution in [3.63, 3.8) is 0 Å². The highest BCUT2D eigenvalue weighted by Crippen LogP contribution is 2.49. The summed E-state index contributed by atoms with van der Waals surface area (Å²) >= 11 is 0. The van der Waals surface area contributed by atoms with Gasteiger partial charge in [-0.1, -0.05) is 45.1 Å². The number of halogens is 1. The number of methoxy groups -OCH3 is 3. The van der Waals surface area contributed by atoms with Crippen molar-refractivity contribution in [2.75, 3.05) is 53.8 Å². The third kappa shape index (κ3) is 11.6. The van der Waals surface area contributed by atoms with Crippen LogP contribution in [0, 0.1) is 17.8 Å². The van der Waals surface area contributed by atoms with Crippen LogP contribution in [-0.2, 0) is 19.0 Å². The minimum Gasteiger partial charge on any atom is -0.505 e. The van der Waals surface area contributed by atoms with Gasteiger partial charge in [-0.2, -0.15) is 0 Å². The first-order valence-corrected chi connectivity index (χ1v) is 16.2. The zero-order valence-electron chi connectivity index (χ0n) is 30.6. The zero-order valence-corrected chi connectivity index (χ0v) is 31.5. The molecule has 1 aliphatic heterocycles. The summed E-state index contributed by atoms with van der Waals surface area (Å²) in [6.45, 7) is 9.74. The molecule has 0 unspecified atom stereocenters. The number of benzene rings is 1. The number of amides is 3. The molecule has 0 aromatic heterocycles. The molecule has 0 aliphatic carbocycles. The third-order valence-electron chi connectivity index (χ3n) is 8.61. The van der Waals surface area contributed by atoms with Gasteiger partial charge >= 0.3 is 12.2 Å². The van der Waals surface area contributed by atoms with Gasteiger partial charge in [0, 0.05) is 57.8 Å². The fourth-order valence-electron chi connectivity index (χ4n) is 5.80. The Balaban J connectivity index is 0.0000125. The lowest BCUT2D eigenvalue weighted by molar-refractivity contribution is -0.112. The molecular formula is C35H55ClN4O10. The van der Waals surface area contributed by atoms with Gasteiger partial charge in [0.25, 0.3) is 5.91 Å². The molecule has 0 saturated carbocycles. The van der Waals surface area contributed by atoms with Crippen LogP contribution in [0.5, 0.6) is 17.2 Å². The van der Waals surface area contributed by atoms with Crippen LogP contribution in [0.4, 0.5) is 15.3 Å². The van der Waals surface area contributed by atoms with E-state index in [0.717, 1.165) is 0 Å². The standard InChI is InChI=1S/C35H54N4O10.ClH/c1-19-12-11-13-20(2)33(42)38-24-18-26(48-35(44)39(7)15-14-37-6)32(47-10)27(29(24)41)31(46-9)23(5)17-25(45-8)28(40)21(3)16-22(4)30(19)49-34(36)43;/h11-13,16,18-19,21,23,25,28,30-31,37,40-41H,14-15,17H2,1-10H3,(H2,36,43)(H,38,42);1H/b12-11-,20-13+,22-16+;/t19-,21-,23-,25-,28+,30+,31+;/m0./s1. The van der Waals surface area contributed by atoms with E-state index in [2.05, 4.69) is 10.6 Å². The topological polar surface area (TPSA) is 191 Å². The van der Waals surface area contributed by atoms with Crippen molar-refractivity contribution < 1.29 is 48.3 Å². The molecule has 7 atom stereocenters. The van der Waals surface area contributed by atoms with Gasteiger partial charge in [-0.3, -0.25) is 4.79 Å². The number of carbonyl (C=O) groups excluding carboxylic acids is 3. The van der Waals surface area contributed by atoms with Crippen molar-refractivity contribution in [3.05, 3.63) is 47.1 Å². The third-order valence-corrected chi connectivity index (χ3v) is 8.61. The fraction of sp³-hybridized carbons (Fsp3) is 0.571. The van der Waals surface area contributed by atoms with Crippen LogP contribution in [0.3, 0.4) is 0 Å². The van der Waals surface area contributed by atoms with E-state index in [1.807, 2.05) is 26.8 Å². The van der Waals surface area contributed by atoms with E-state index >= 15 is 0 Å². The van der Waals surface area contributed by atoms with E-state index in [1.54, 1.807) is 46.2 Å². The number of aliphatic hydroxyl groups is 1. The second-order valence-electron chi connectivity index (χ2n) is 12.4. The summed E-state index contributed by atoms with van der Waals surface area (Å²) in [6.07, 6.45) is 2.04. The molecule has 282 valence electrons. The minimum atomic E-state index is -1.00. The molecule has 1 aromatic rings. The lowest BCUT2D eigenvalue weighted by atomic mass is 9.85. The number of phenols is 1. The molecule has 15 heteroatoms. The summed E-state index contributed by atoms with van der Waals surface area (Å²) in [6, 6.07) is 1.31. The largest absolute Gasteiger partial charge is 0.505 e. The van der Waals surface area contributed by atoms with Crippen LogP contribution in [0.15, 0.2) is 41.5 Å². The summed E-state index contributed by atoms with van der Waals surface area (Å²) < 4.78 is 28.6. The van der Waals surface area contributed by atoms with Gasteiger partial charge in [0.05, 0.1) is 36.7 Å². The molecule has 2 rings (SSSR count). The SMILES string of the molecule is CNCCN(C)C(=O)Oc1cc2c(O)c(c1OC)[C@H](OC)[C@@H](C)C[C@H](OC)[C@H](O)[C@@H](C)/C=C(\C)[C@H](OC(N)=O)[C@@H](C)/C=C\C=C(/C)C(=O)N2.Cl. The number of likely N-dealkylation sites (N-methyl/N-ethyl adjacent to an activating group) is 2. The zero-order chi connectivity index (χ0) is 37.0. The molecule has 0 saturated heterocycles. The van der Waals surface area contributed by atoms with Gasteiger partial charge in [0.2, 0.25) is 0 Å². The van der Waals surface area contributed by atoms with Gasteiger partial charge < -0.3 is 55.2 Å². The van der Waals surface area contributed by atoms with E-state index < -0.39 is 54.3 Å². The van der Waals surface area contributed by atoms with Crippen molar-refractivity contribution in [1.29, 1.82) is 0 Å². The van der Waals surface area contributed by atoms with Gasteiger partial charge in [-0.25, -0.2) is 9.59 Å². The lowest BCUT2D eigenvalue weighted by Crippen LogP contribution is -2.36. The number of phenolic OH excluding ortho intramolecular Hbond substituents is 1. The first-order valence-electron chi connectivity index (χ1n) is 16.2. The van der Waals surface area contributed by atoms with Gasteiger partial charge in [0.1, 0.15) is 11.9 Å². The number of hydrogen-bond acceptors (Lipinski definition) is 11. The Bertz CT molecular complexity index is 1400. The van der Waals surface area contributed by atoms with Crippen LogP contribution >= 0.6 is 12.4 Å². The Kier molecular flexibility index (Phi) is 18.4. The van der Waals surface area contributed by atoms with E-state index in [4.69, 9.17) is 29.4 Å². The summed E-state index contributed by atoms with van der Waals surface area (Å²) in [5.74, 6) is -2.17. The molecule has 50 heavy (non-hydrogen) atoms. The van der Waals surface area contributed by atoms with Crippen LogP contribution in [0.2, 0.25) is 0 Å². The second-order valence-corrected chi connectivity index (χ2v) is 12.4. The first-order chi connectivity index (χ1) is 23.1. The maximum atomic E-state index is 13.4. The van der Waals surface area contributed by atoms with E-state index in [1.165, 1.54) is 32.3 Å². The summed E-state index contributed by atoms with van der Waals surface area (Å²) in [5.41, 5.74) is 6.42. The fourth-order valence-corrected chi connectivity index (χ4v) is 5.80. The number of hydrogen-bond donors (Lipinski definition) is 5. The number of nitrogens with two attached hydrogens (primary N) is 1. The summed E-state index contributed by atoms with van der Waals surface area (Å²) in [5, 5.41) is 28.8. The molecular weight excluding hydrogens is 672 g/mol. The molecule has 1 aliphatic rings. The Labute approximate surface area is 301 Å². The van der Waals surface area contributed by atoms with Crippen LogP contribution in [0.1, 0.15) is 52.7 Å². The maximum absolute atomic E-state index is 13.4. The quantitative estimate of drug-likeness (QED) is 0.184. The van der Waals surface area contributed by atoms with Crippen molar-refractivity contribution in [2.24, 2.45) is 23.5 Å². The molecule has 14 nitrogen and oxygen atoms in total. The molecule has 1 heterocycles. The number of aliphatic hydroxyl groups excluding tert-OH is 1. The van der Waals surface area contributed by atoms with Crippen LogP contribution in [-0.4, -0.2) is 100 Å². The van der Waals surface area contributed by atoms with E-state index in [9.17, 15) is 24.6 Å².